The number of benzene rings is 1. The van der Waals surface area contributed by atoms with Gasteiger partial charge in [0.2, 0.25) is 5.95 Å². The van der Waals surface area contributed by atoms with E-state index in [4.69, 9.17) is 5.73 Å². The average Bonchev–Trinajstić information content (AvgIpc) is 3.21. The lowest BCUT2D eigenvalue weighted by Gasteiger charge is -2.39. The molecule has 0 atom stereocenters. The molecule has 144 valence electrons. The number of aromatic amines is 1. The Morgan fingerprint density at radius 1 is 1.21 bits per heavy atom. The number of nitrogens with one attached hydrogen (secondary N) is 1. The molecule has 28 heavy (non-hydrogen) atoms. The zero-order chi connectivity index (χ0) is 19.5. The highest BCUT2D eigenvalue weighted by molar-refractivity contribution is 6.07. The summed E-state index contributed by atoms with van der Waals surface area (Å²) >= 11 is 0. The topological polar surface area (TPSA) is 97.0 Å². The number of fused-ring (bicyclic) bond motifs is 3. The van der Waals surface area contributed by atoms with Crippen LogP contribution < -0.4 is 11.3 Å². The van der Waals surface area contributed by atoms with E-state index in [-0.39, 0.29) is 22.8 Å². The van der Waals surface area contributed by atoms with Crippen molar-refractivity contribution in [3.63, 3.8) is 0 Å². The fourth-order valence-electron chi connectivity index (χ4n) is 4.98. The predicted octanol–water partition coefficient (Wildman–Crippen LogP) is 1.96. The van der Waals surface area contributed by atoms with Crippen LogP contribution in [-0.2, 0) is 18.9 Å². The minimum atomic E-state index is -0.132. The molecule has 3 N–H and O–H groups in total. The van der Waals surface area contributed by atoms with Crippen molar-refractivity contribution in [2.45, 2.75) is 31.1 Å². The molecule has 1 aliphatic carbocycles. The number of rotatable bonds is 1. The maximum Gasteiger partial charge on any atom is 0.256 e. The molecule has 0 bridgehead atoms. The first-order chi connectivity index (χ1) is 13.5. The van der Waals surface area contributed by atoms with E-state index in [1.807, 2.05) is 47.0 Å². The van der Waals surface area contributed by atoms with Crippen LogP contribution in [0.25, 0.3) is 10.9 Å². The maximum absolute atomic E-state index is 13.2. The number of hydrogen-bond acceptors (Lipinski definition) is 4. The Morgan fingerprint density at radius 2 is 1.96 bits per heavy atom. The van der Waals surface area contributed by atoms with Crippen LogP contribution >= 0.6 is 0 Å². The Morgan fingerprint density at radius 3 is 2.75 bits per heavy atom. The van der Waals surface area contributed by atoms with E-state index in [2.05, 4.69) is 9.97 Å². The molecule has 1 fully saturated rings. The van der Waals surface area contributed by atoms with Crippen LogP contribution in [-0.4, -0.2) is 38.4 Å². The van der Waals surface area contributed by atoms with Crippen LogP contribution in [0.2, 0.25) is 0 Å². The van der Waals surface area contributed by atoms with Crippen LogP contribution in [0.3, 0.4) is 0 Å². The van der Waals surface area contributed by atoms with E-state index in [9.17, 15) is 9.59 Å². The fraction of sp³-hybridized carbons (Fsp3) is 0.381. The lowest BCUT2D eigenvalue weighted by atomic mass is 9.76. The van der Waals surface area contributed by atoms with E-state index >= 15 is 0 Å². The summed E-state index contributed by atoms with van der Waals surface area (Å²) in [4.78, 5) is 34.4. The number of anilines is 1. The first kappa shape index (κ1) is 17.0. The molecule has 5 rings (SSSR count). The quantitative estimate of drug-likeness (QED) is 0.677. The molecule has 7 nitrogen and oxygen atoms in total. The summed E-state index contributed by atoms with van der Waals surface area (Å²) in [5.41, 5.74) is 8.97. The minimum Gasteiger partial charge on any atom is -0.369 e. The van der Waals surface area contributed by atoms with E-state index in [0.29, 0.717) is 13.1 Å². The summed E-state index contributed by atoms with van der Waals surface area (Å²) in [6.07, 6.45) is 5.18. The third-order valence-corrected chi connectivity index (χ3v) is 6.52. The van der Waals surface area contributed by atoms with Crippen molar-refractivity contribution in [1.29, 1.82) is 0 Å². The summed E-state index contributed by atoms with van der Waals surface area (Å²) in [6.45, 7) is 1.33. The van der Waals surface area contributed by atoms with Crippen molar-refractivity contribution < 1.29 is 4.79 Å². The lowest BCUT2D eigenvalue weighted by molar-refractivity contribution is 0.0665. The Labute approximate surface area is 162 Å². The van der Waals surface area contributed by atoms with E-state index in [1.165, 1.54) is 0 Å². The molecule has 0 radical (unpaired) electrons. The number of nitrogens with two attached hydrogens (primary N) is 1. The number of hydrogen-bond donors (Lipinski definition) is 2. The molecule has 1 amide bonds. The zero-order valence-electron chi connectivity index (χ0n) is 15.9. The molecule has 7 heteroatoms. The second-order valence-electron chi connectivity index (χ2n) is 8.02. The van der Waals surface area contributed by atoms with Crippen LogP contribution in [0.1, 0.15) is 40.9 Å². The number of nitrogens with zero attached hydrogens (tertiary/aromatic N) is 3. The van der Waals surface area contributed by atoms with Crippen molar-refractivity contribution in [2.24, 2.45) is 7.05 Å². The Bertz CT molecular complexity index is 1150. The number of para-hydroxylation sites is 1. The van der Waals surface area contributed by atoms with Gasteiger partial charge in [-0.1, -0.05) is 18.2 Å². The van der Waals surface area contributed by atoms with Crippen molar-refractivity contribution >= 4 is 22.8 Å². The number of H-pyrrole nitrogens is 1. The largest absolute Gasteiger partial charge is 0.369 e. The van der Waals surface area contributed by atoms with Gasteiger partial charge in [-0.25, -0.2) is 4.98 Å². The SMILES string of the molecule is Cn1cc(C(=O)N2CCC3(CCc4c3nc(N)[nH]c4=O)CC2)c2ccccc21. The van der Waals surface area contributed by atoms with Gasteiger partial charge in [-0.05, 0) is 31.7 Å². The molecule has 1 saturated heterocycles. The average molecular weight is 377 g/mol. The van der Waals surface area contributed by atoms with Crippen molar-refractivity contribution in [2.75, 3.05) is 18.8 Å². The molecule has 3 aromatic rings. The second kappa shape index (κ2) is 5.95. The molecule has 0 unspecified atom stereocenters. The number of amides is 1. The van der Waals surface area contributed by atoms with Gasteiger partial charge in [-0.3, -0.25) is 14.6 Å². The first-order valence-electron chi connectivity index (χ1n) is 9.71. The van der Waals surface area contributed by atoms with Gasteiger partial charge in [0.15, 0.2) is 0 Å². The highest BCUT2D eigenvalue weighted by Gasteiger charge is 2.44. The van der Waals surface area contributed by atoms with Crippen molar-refractivity contribution in [3.8, 4) is 0 Å². The fourth-order valence-corrected chi connectivity index (χ4v) is 4.98. The lowest BCUT2D eigenvalue weighted by Crippen LogP contribution is -2.44. The monoisotopic (exact) mass is 377 g/mol. The number of likely N-dealkylation sites (tertiary alicyclic amines) is 1. The Balaban J connectivity index is 1.41. The summed E-state index contributed by atoms with van der Waals surface area (Å²) in [5, 5.41) is 0.988. The number of aromatic nitrogens is 3. The molecule has 0 saturated carbocycles. The van der Waals surface area contributed by atoms with Crippen LogP contribution in [0.15, 0.2) is 35.3 Å². The van der Waals surface area contributed by atoms with E-state index < -0.39 is 0 Å². The number of carbonyl (C=O) groups excluding carboxylic acids is 1. The van der Waals surface area contributed by atoms with Crippen molar-refractivity contribution in [1.82, 2.24) is 19.4 Å². The number of nitrogen functional groups attached to an aromatic ring is 1. The van der Waals surface area contributed by atoms with Gasteiger partial charge in [0.1, 0.15) is 0 Å². The molecule has 1 aliphatic heterocycles. The van der Waals surface area contributed by atoms with Crippen LogP contribution in [0.4, 0.5) is 5.95 Å². The third kappa shape index (κ3) is 2.38. The van der Waals surface area contributed by atoms with E-state index in [0.717, 1.165) is 53.4 Å². The normalized spacial score (nSPS) is 18.0. The summed E-state index contributed by atoms with van der Waals surface area (Å²) in [5.74, 6) is 0.252. The molecule has 1 aromatic carbocycles. The minimum absolute atomic E-state index is 0.0725. The van der Waals surface area contributed by atoms with Crippen LogP contribution in [0.5, 0.6) is 0 Å². The van der Waals surface area contributed by atoms with Gasteiger partial charge in [-0.2, -0.15) is 0 Å². The third-order valence-electron chi connectivity index (χ3n) is 6.52. The molecule has 3 heterocycles. The maximum atomic E-state index is 13.2. The van der Waals surface area contributed by atoms with E-state index in [1.54, 1.807) is 0 Å². The second-order valence-corrected chi connectivity index (χ2v) is 8.02. The molecule has 1 spiro atoms. The summed E-state index contributed by atoms with van der Waals surface area (Å²) < 4.78 is 2.00. The molecule has 2 aromatic heterocycles. The first-order valence-corrected chi connectivity index (χ1v) is 9.71. The molecular weight excluding hydrogens is 354 g/mol. The predicted molar refractivity (Wildman–Crippen MR) is 107 cm³/mol. The van der Waals surface area contributed by atoms with Gasteiger partial charge < -0.3 is 15.2 Å². The van der Waals surface area contributed by atoms with Gasteiger partial charge in [0, 0.05) is 48.2 Å². The summed E-state index contributed by atoms with van der Waals surface area (Å²) in [6, 6.07) is 7.98. The standard InChI is InChI=1S/C21H23N5O2/c1-25-12-15(13-4-2-3-5-16(13)25)19(28)26-10-8-21(9-11-26)7-6-14-17(21)23-20(22)24-18(14)27/h2-5,12H,6-11H2,1H3,(H3,22,23,24,27). The zero-order valence-corrected chi connectivity index (χ0v) is 15.9. The van der Waals surface area contributed by atoms with Gasteiger partial charge in [0.25, 0.3) is 11.5 Å². The van der Waals surface area contributed by atoms with Gasteiger partial charge >= 0.3 is 0 Å². The highest BCUT2D eigenvalue weighted by Crippen LogP contribution is 2.44. The highest BCUT2D eigenvalue weighted by atomic mass is 16.2. The molecular formula is C21H23N5O2. The molecule has 2 aliphatic rings. The Kier molecular flexibility index (Phi) is 3.62. The van der Waals surface area contributed by atoms with Crippen LogP contribution in [0, 0.1) is 0 Å². The van der Waals surface area contributed by atoms with Gasteiger partial charge in [0.05, 0.1) is 11.3 Å². The summed E-state index contributed by atoms with van der Waals surface area (Å²) in [7, 11) is 1.97. The smallest absolute Gasteiger partial charge is 0.256 e. The Hall–Kier alpha value is -3.09. The van der Waals surface area contributed by atoms with Crippen molar-refractivity contribution in [3.05, 3.63) is 57.6 Å². The van der Waals surface area contributed by atoms with Gasteiger partial charge in [-0.15, -0.1) is 0 Å². The number of carbonyl (C=O) groups is 1. The number of piperidine rings is 1. The number of aryl methyl sites for hydroxylation is 1.